The third kappa shape index (κ3) is 2.36. The zero-order valence-electron chi connectivity index (χ0n) is 12.4. The summed E-state index contributed by atoms with van der Waals surface area (Å²) in [7, 11) is -0.257. The minimum absolute atomic E-state index is 0.257. The highest BCUT2D eigenvalue weighted by atomic mass is 16.7. The number of allylic oxidation sites excluding steroid dienone is 2. The molecule has 0 spiro atoms. The predicted octanol–water partition coefficient (Wildman–Crippen LogP) is 2.78. The molecular weight excluding hydrogens is 225 g/mol. The Bertz CT molecular complexity index is 369. The first-order valence-electron chi connectivity index (χ1n) is 6.72. The van der Waals surface area contributed by atoms with Crippen LogP contribution in [0.15, 0.2) is 23.8 Å². The molecule has 0 N–H and O–H groups in total. The van der Waals surface area contributed by atoms with Crippen LogP contribution >= 0.6 is 0 Å². The van der Waals surface area contributed by atoms with Gasteiger partial charge in [0.2, 0.25) is 0 Å². The Morgan fingerprint density at radius 2 is 1.72 bits per heavy atom. The standard InChI is InChI=1S/C14H24BNO2/c1-11(2)16-9-7-8-12(10-16)15-17-13(3,4)14(5,6)18-15/h7-8,10-11H,9H2,1-6H3. The number of hydrogen-bond acceptors (Lipinski definition) is 3. The Kier molecular flexibility index (Phi) is 3.37. The molecule has 3 nitrogen and oxygen atoms in total. The normalized spacial score (nSPS) is 25.8. The second kappa shape index (κ2) is 4.43. The molecule has 2 rings (SSSR count). The van der Waals surface area contributed by atoms with E-state index in [9.17, 15) is 0 Å². The van der Waals surface area contributed by atoms with E-state index in [1.54, 1.807) is 0 Å². The van der Waals surface area contributed by atoms with E-state index < -0.39 is 0 Å². The third-order valence-corrected chi connectivity index (χ3v) is 4.13. The van der Waals surface area contributed by atoms with Crippen LogP contribution in [0.5, 0.6) is 0 Å². The Balaban J connectivity index is 2.17. The summed E-state index contributed by atoms with van der Waals surface area (Å²) in [5.74, 6) is 0. The maximum atomic E-state index is 6.06. The van der Waals surface area contributed by atoms with Gasteiger partial charge in [0, 0.05) is 12.6 Å². The molecule has 2 aliphatic heterocycles. The van der Waals surface area contributed by atoms with Crippen LogP contribution in [0.25, 0.3) is 0 Å². The summed E-state index contributed by atoms with van der Waals surface area (Å²) in [6.45, 7) is 13.7. The van der Waals surface area contributed by atoms with Crippen molar-refractivity contribution < 1.29 is 9.31 Å². The average molecular weight is 249 g/mol. The highest BCUT2D eigenvalue weighted by Crippen LogP contribution is 2.39. The SMILES string of the molecule is CC(C)N1C=C(B2OC(C)(C)C(C)(C)O2)C=CC1. The van der Waals surface area contributed by atoms with Crippen LogP contribution in [0.2, 0.25) is 0 Å². The van der Waals surface area contributed by atoms with E-state index in [4.69, 9.17) is 9.31 Å². The van der Waals surface area contributed by atoms with Gasteiger partial charge in [0.1, 0.15) is 0 Å². The molecule has 0 unspecified atom stereocenters. The molecule has 0 aromatic carbocycles. The van der Waals surface area contributed by atoms with Gasteiger partial charge in [-0.1, -0.05) is 12.2 Å². The van der Waals surface area contributed by atoms with E-state index in [0.29, 0.717) is 6.04 Å². The second-order valence-electron chi connectivity index (χ2n) is 6.41. The van der Waals surface area contributed by atoms with Gasteiger partial charge in [0.15, 0.2) is 0 Å². The van der Waals surface area contributed by atoms with Gasteiger partial charge in [0.25, 0.3) is 0 Å². The molecule has 0 amide bonds. The van der Waals surface area contributed by atoms with Gasteiger partial charge in [-0.2, -0.15) is 0 Å². The second-order valence-corrected chi connectivity index (χ2v) is 6.41. The average Bonchev–Trinajstić information content (AvgIpc) is 2.48. The molecule has 4 heteroatoms. The maximum Gasteiger partial charge on any atom is 0.496 e. The summed E-state index contributed by atoms with van der Waals surface area (Å²) in [6, 6.07) is 0.493. The minimum atomic E-state index is -0.271. The molecule has 1 saturated heterocycles. The lowest BCUT2D eigenvalue weighted by Gasteiger charge is -2.32. The summed E-state index contributed by atoms with van der Waals surface area (Å²) in [4.78, 5) is 2.29. The van der Waals surface area contributed by atoms with E-state index in [2.05, 4.69) is 64.8 Å². The van der Waals surface area contributed by atoms with Crippen molar-refractivity contribution in [1.82, 2.24) is 4.90 Å². The molecule has 0 bridgehead atoms. The van der Waals surface area contributed by atoms with Crippen LogP contribution in [0.3, 0.4) is 0 Å². The topological polar surface area (TPSA) is 21.7 Å². The Hall–Kier alpha value is -0.735. The van der Waals surface area contributed by atoms with Gasteiger partial charge in [-0.15, -0.1) is 0 Å². The van der Waals surface area contributed by atoms with Crippen molar-refractivity contribution in [2.75, 3.05) is 6.54 Å². The summed E-state index contributed by atoms with van der Waals surface area (Å²) in [6.07, 6.45) is 6.44. The van der Waals surface area contributed by atoms with E-state index in [0.717, 1.165) is 12.0 Å². The fourth-order valence-corrected chi connectivity index (χ4v) is 2.08. The molecule has 2 heterocycles. The first kappa shape index (κ1) is 13.7. The Labute approximate surface area is 111 Å². The lowest BCUT2D eigenvalue weighted by molar-refractivity contribution is 0.00578. The van der Waals surface area contributed by atoms with Crippen LogP contribution in [-0.4, -0.2) is 35.8 Å². The highest BCUT2D eigenvalue weighted by molar-refractivity contribution is 6.55. The monoisotopic (exact) mass is 249 g/mol. The van der Waals surface area contributed by atoms with Crippen LogP contribution in [-0.2, 0) is 9.31 Å². The van der Waals surface area contributed by atoms with Crippen LogP contribution in [0, 0.1) is 0 Å². The van der Waals surface area contributed by atoms with E-state index in [1.807, 2.05) is 0 Å². The molecular formula is C14H24BNO2. The number of rotatable bonds is 2. The van der Waals surface area contributed by atoms with E-state index >= 15 is 0 Å². The highest BCUT2D eigenvalue weighted by Gasteiger charge is 2.52. The summed E-state index contributed by atoms with van der Waals surface area (Å²) in [5.41, 5.74) is 0.562. The zero-order chi connectivity index (χ0) is 13.6. The lowest BCUT2D eigenvalue weighted by Crippen LogP contribution is -2.41. The molecule has 18 heavy (non-hydrogen) atoms. The van der Waals surface area contributed by atoms with Crippen molar-refractivity contribution in [3.8, 4) is 0 Å². The summed E-state index contributed by atoms with van der Waals surface area (Å²) < 4.78 is 12.1. The van der Waals surface area contributed by atoms with E-state index in [1.165, 1.54) is 0 Å². The Morgan fingerprint density at radius 1 is 1.17 bits per heavy atom. The van der Waals surface area contributed by atoms with Crippen molar-refractivity contribution in [2.24, 2.45) is 0 Å². The Morgan fingerprint density at radius 3 is 2.22 bits per heavy atom. The molecule has 0 aliphatic carbocycles. The summed E-state index contributed by atoms with van der Waals surface area (Å²) in [5, 5.41) is 0. The molecule has 0 radical (unpaired) electrons. The first-order valence-corrected chi connectivity index (χ1v) is 6.72. The molecule has 100 valence electrons. The predicted molar refractivity (Wildman–Crippen MR) is 75.1 cm³/mol. The van der Waals surface area contributed by atoms with Crippen molar-refractivity contribution >= 4 is 7.12 Å². The van der Waals surface area contributed by atoms with Crippen molar-refractivity contribution in [3.05, 3.63) is 23.8 Å². The van der Waals surface area contributed by atoms with Gasteiger partial charge in [0.05, 0.1) is 11.2 Å². The largest absolute Gasteiger partial charge is 0.496 e. The van der Waals surface area contributed by atoms with Gasteiger partial charge >= 0.3 is 7.12 Å². The number of hydrogen-bond donors (Lipinski definition) is 0. The van der Waals surface area contributed by atoms with Gasteiger partial charge in [-0.25, -0.2) is 0 Å². The van der Waals surface area contributed by atoms with Gasteiger partial charge in [-0.05, 0) is 53.2 Å². The number of nitrogens with zero attached hydrogens (tertiary/aromatic N) is 1. The van der Waals surface area contributed by atoms with E-state index in [-0.39, 0.29) is 18.3 Å². The van der Waals surface area contributed by atoms with Gasteiger partial charge in [-0.3, -0.25) is 0 Å². The zero-order valence-corrected chi connectivity index (χ0v) is 12.4. The van der Waals surface area contributed by atoms with Gasteiger partial charge < -0.3 is 14.2 Å². The minimum Gasteiger partial charge on any atom is -0.399 e. The molecule has 2 aliphatic rings. The molecule has 0 saturated carbocycles. The lowest BCUT2D eigenvalue weighted by atomic mass is 9.77. The fraction of sp³-hybridized carbons (Fsp3) is 0.714. The molecule has 0 atom stereocenters. The van der Waals surface area contributed by atoms with Crippen LogP contribution < -0.4 is 0 Å². The van der Waals surface area contributed by atoms with Crippen molar-refractivity contribution in [2.45, 2.75) is 58.8 Å². The molecule has 0 aromatic rings. The van der Waals surface area contributed by atoms with Crippen molar-refractivity contribution in [1.29, 1.82) is 0 Å². The third-order valence-electron chi connectivity index (χ3n) is 4.13. The molecule has 0 aromatic heterocycles. The first-order chi connectivity index (χ1) is 8.23. The van der Waals surface area contributed by atoms with Crippen LogP contribution in [0.4, 0.5) is 0 Å². The quantitative estimate of drug-likeness (QED) is 0.702. The maximum absolute atomic E-state index is 6.06. The van der Waals surface area contributed by atoms with Crippen LogP contribution in [0.1, 0.15) is 41.5 Å². The fourth-order valence-electron chi connectivity index (χ4n) is 2.08. The molecule has 1 fully saturated rings. The smallest absolute Gasteiger partial charge is 0.399 e. The summed E-state index contributed by atoms with van der Waals surface area (Å²) >= 11 is 0. The van der Waals surface area contributed by atoms with Crippen molar-refractivity contribution in [3.63, 3.8) is 0 Å².